The minimum absolute atomic E-state index is 0.0437. The molecule has 2 aliphatic heterocycles. The summed E-state index contributed by atoms with van der Waals surface area (Å²) in [6.07, 6.45) is 3.57. The Morgan fingerprint density at radius 1 is 0.933 bits per heavy atom. The van der Waals surface area contributed by atoms with E-state index < -0.39 is 0 Å². The molecule has 2 aliphatic rings. The summed E-state index contributed by atoms with van der Waals surface area (Å²) in [5.41, 5.74) is 3.71. The summed E-state index contributed by atoms with van der Waals surface area (Å²) in [5.74, 6) is 1.05. The SMILES string of the molecule is Cc1ccccc1C1=NC(CON2C(C)(C)CCCC2(C)C)CN1c1ccccc1. The van der Waals surface area contributed by atoms with Gasteiger partial charge < -0.3 is 4.90 Å². The van der Waals surface area contributed by atoms with Crippen molar-refractivity contribution in [3.05, 3.63) is 65.7 Å². The summed E-state index contributed by atoms with van der Waals surface area (Å²) in [6, 6.07) is 19.2. The molecule has 0 bridgehead atoms. The van der Waals surface area contributed by atoms with Gasteiger partial charge in [0, 0.05) is 28.9 Å². The lowest BCUT2D eigenvalue weighted by atomic mass is 9.82. The molecular weight excluding hydrogens is 370 g/mol. The maximum atomic E-state index is 6.50. The van der Waals surface area contributed by atoms with E-state index in [2.05, 4.69) is 99.2 Å². The van der Waals surface area contributed by atoms with Crippen LogP contribution in [0.25, 0.3) is 0 Å². The first-order valence-electron chi connectivity index (χ1n) is 11.2. The van der Waals surface area contributed by atoms with Gasteiger partial charge >= 0.3 is 0 Å². The Morgan fingerprint density at radius 3 is 2.23 bits per heavy atom. The summed E-state index contributed by atoms with van der Waals surface area (Å²) >= 11 is 0. The van der Waals surface area contributed by atoms with Gasteiger partial charge in [0.15, 0.2) is 0 Å². The lowest BCUT2D eigenvalue weighted by Gasteiger charge is -2.51. The average molecular weight is 406 g/mol. The first-order valence-corrected chi connectivity index (χ1v) is 11.2. The van der Waals surface area contributed by atoms with Crippen LogP contribution >= 0.6 is 0 Å². The molecule has 4 heteroatoms. The van der Waals surface area contributed by atoms with Crippen LogP contribution in [0.15, 0.2) is 59.6 Å². The topological polar surface area (TPSA) is 28.1 Å². The number of amidine groups is 1. The van der Waals surface area contributed by atoms with E-state index in [1.54, 1.807) is 0 Å². The molecule has 0 radical (unpaired) electrons. The Labute approximate surface area is 181 Å². The molecule has 30 heavy (non-hydrogen) atoms. The van der Waals surface area contributed by atoms with Crippen LogP contribution < -0.4 is 4.90 Å². The fourth-order valence-electron chi connectivity index (χ4n) is 5.03. The lowest BCUT2D eigenvalue weighted by Crippen LogP contribution is -2.58. The van der Waals surface area contributed by atoms with E-state index in [1.807, 2.05) is 0 Å². The molecule has 0 aliphatic carbocycles. The Balaban J connectivity index is 1.58. The lowest BCUT2D eigenvalue weighted by molar-refractivity contribution is -0.281. The van der Waals surface area contributed by atoms with Gasteiger partial charge in [0.05, 0.1) is 12.6 Å². The van der Waals surface area contributed by atoms with Crippen molar-refractivity contribution in [3.63, 3.8) is 0 Å². The van der Waals surface area contributed by atoms with Gasteiger partial charge in [-0.2, -0.15) is 5.06 Å². The van der Waals surface area contributed by atoms with Crippen molar-refractivity contribution in [1.82, 2.24) is 5.06 Å². The van der Waals surface area contributed by atoms with Gasteiger partial charge in [0.1, 0.15) is 5.84 Å². The number of hydroxylamine groups is 2. The van der Waals surface area contributed by atoms with Crippen LogP contribution in [0.5, 0.6) is 0 Å². The van der Waals surface area contributed by atoms with Crippen molar-refractivity contribution in [1.29, 1.82) is 0 Å². The second-order valence-corrected chi connectivity index (χ2v) is 9.94. The van der Waals surface area contributed by atoms with Gasteiger partial charge in [-0.05, 0) is 71.6 Å². The van der Waals surface area contributed by atoms with Gasteiger partial charge in [-0.25, -0.2) is 0 Å². The van der Waals surface area contributed by atoms with E-state index >= 15 is 0 Å². The summed E-state index contributed by atoms with van der Waals surface area (Å²) < 4.78 is 0. The average Bonchev–Trinajstić information content (AvgIpc) is 3.11. The Bertz CT molecular complexity index is 888. The quantitative estimate of drug-likeness (QED) is 0.648. The standard InChI is InChI=1S/C26H35N3O/c1-20-12-9-10-15-23(20)24-27-21(18-28(24)22-13-7-6-8-14-22)19-30-29-25(2,3)16-11-17-26(29,4)5/h6-10,12-15,21H,11,16-19H2,1-5H3. The number of para-hydroxylation sites is 1. The number of nitrogens with zero attached hydrogens (tertiary/aromatic N) is 3. The van der Waals surface area contributed by atoms with Crippen molar-refractivity contribution in [2.45, 2.75) is 71.0 Å². The molecule has 2 aromatic carbocycles. The third kappa shape index (κ3) is 4.17. The predicted octanol–water partition coefficient (Wildman–Crippen LogP) is 5.61. The molecular formula is C26H35N3O. The summed E-state index contributed by atoms with van der Waals surface area (Å²) in [5, 5.41) is 2.25. The minimum atomic E-state index is 0.0437. The number of anilines is 1. The highest BCUT2D eigenvalue weighted by Crippen LogP contribution is 2.38. The van der Waals surface area contributed by atoms with Crippen LogP contribution in [-0.2, 0) is 4.84 Å². The Morgan fingerprint density at radius 2 is 1.57 bits per heavy atom. The smallest absolute Gasteiger partial charge is 0.136 e. The first-order chi connectivity index (χ1) is 14.3. The molecule has 4 nitrogen and oxygen atoms in total. The number of piperidine rings is 1. The number of hydrogen-bond acceptors (Lipinski definition) is 4. The molecule has 0 saturated carbocycles. The van der Waals surface area contributed by atoms with Gasteiger partial charge in [0.2, 0.25) is 0 Å². The minimum Gasteiger partial charge on any atom is -0.324 e. The Hall–Kier alpha value is -2.17. The predicted molar refractivity (Wildman–Crippen MR) is 125 cm³/mol. The molecule has 0 amide bonds. The molecule has 1 atom stereocenters. The highest BCUT2D eigenvalue weighted by atomic mass is 16.7. The van der Waals surface area contributed by atoms with Crippen LogP contribution in [0.1, 0.15) is 58.1 Å². The summed E-state index contributed by atoms with van der Waals surface area (Å²) in [6.45, 7) is 12.8. The number of aryl methyl sites for hydroxylation is 1. The molecule has 2 heterocycles. The van der Waals surface area contributed by atoms with Gasteiger partial charge in [0.25, 0.3) is 0 Å². The second kappa shape index (κ2) is 8.16. The third-order valence-corrected chi connectivity index (χ3v) is 6.48. The van der Waals surface area contributed by atoms with E-state index in [0.717, 1.165) is 25.2 Å². The molecule has 0 N–H and O–H groups in total. The fourth-order valence-corrected chi connectivity index (χ4v) is 5.03. The molecule has 1 fully saturated rings. The molecule has 2 aromatic rings. The molecule has 1 unspecified atom stereocenters. The van der Waals surface area contributed by atoms with Gasteiger partial charge in [-0.1, -0.05) is 42.5 Å². The number of hydrogen-bond donors (Lipinski definition) is 0. The number of benzene rings is 2. The van der Waals surface area contributed by atoms with E-state index in [0.29, 0.717) is 6.61 Å². The van der Waals surface area contributed by atoms with Gasteiger partial charge in [-0.3, -0.25) is 9.83 Å². The van der Waals surface area contributed by atoms with E-state index in [-0.39, 0.29) is 17.1 Å². The fraction of sp³-hybridized carbons (Fsp3) is 0.500. The summed E-state index contributed by atoms with van der Waals surface area (Å²) in [4.78, 5) is 14.0. The van der Waals surface area contributed by atoms with Crippen LogP contribution in [0, 0.1) is 6.92 Å². The maximum Gasteiger partial charge on any atom is 0.136 e. The van der Waals surface area contributed by atoms with Crippen LogP contribution in [0.3, 0.4) is 0 Å². The monoisotopic (exact) mass is 405 g/mol. The zero-order valence-electron chi connectivity index (χ0n) is 19.1. The molecule has 160 valence electrons. The third-order valence-electron chi connectivity index (χ3n) is 6.48. The normalized spacial score (nSPS) is 23.4. The maximum absolute atomic E-state index is 6.50. The van der Waals surface area contributed by atoms with Crippen molar-refractivity contribution in [3.8, 4) is 0 Å². The van der Waals surface area contributed by atoms with Crippen molar-refractivity contribution >= 4 is 11.5 Å². The highest BCUT2D eigenvalue weighted by Gasteiger charge is 2.43. The van der Waals surface area contributed by atoms with Crippen LogP contribution in [0.4, 0.5) is 5.69 Å². The van der Waals surface area contributed by atoms with Crippen molar-refractivity contribution in [2.24, 2.45) is 4.99 Å². The molecule has 1 saturated heterocycles. The first kappa shape index (κ1) is 21.1. The largest absolute Gasteiger partial charge is 0.324 e. The van der Waals surface area contributed by atoms with Crippen LogP contribution in [0.2, 0.25) is 0 Å². The van der Waals surface area contributed by atoms with E-state index in [9.17, 15) is 0 Å². The number of aliphatic imine (C=N–C) groups is 1. The molecule has 4 rings (SSSR count). The molecule has 0 aromatic heterocycles. The Kier molecular flexibility index (Phi) is 5.73. The summed E-state index contributed by atoms with van der Waals surface area (Å²) in [7, 11) is 0. The molecule has 0 spiro atoms. The van der Waals surface area contributed by atoms with Crippen LogP contribution in [-0.4, -0.2) is 41.2 Å². The second-order valence-electron chi connectivity index (χ2n) is 9.94. The van der Waals surface area contributed by atoms with Crippen molar-refractivity contribution < 1.29 is 4.84 Å². The van der Waals surface area contributed by atoms with Crippen molar-refractivity contribution in [2.75, 3.05) is 18.1 Å². The zero-order chi connectivity index (χ0) is 21.4. The van der Waals surface area contributed by atoms with E-state index in [4.69, 9.17) is 9.83 Å². The number of rotatable bonds is 5. The highest BCUT2D eigenvalue weighted by molar-refractivity contribution is 6.12. The van der Waals surface area contributed by atoms with Gasteiger partial charge in [-0.15, -0.1) is 0 Å². The van der Waals surface area contributed by atoms with E-state index in [1.165, 1.54) is 23.2 Å². The zero-order valence-corrected chi connectivity index (χ0v) is 19.1.